The van der Waals surface area contributed by atoms with Crippen molar-refractivity contribution in [2.24, 2.45) is 0 Å². The van der Waals surface area contributed by atoms with Crippen molar-refractivity contribution in [1.29, 1.82) is 0 Å². The van der Waals surface area contributed by atoms with Crippen LogP contribution in [0.1, 0.15) is 29.9 Å². The molecule has 1 unspecified atom stereocenters. The molecular formula is C21H23N3O5S. The van der Waals surface area contributed by atoms with Gasteiger partial charge in [0, 0.05) is 32.2 Å². The van der Waals surface area contributed by atoms with E-state index in [0.29, 0.717) is 0 Å². The van der Waals surface area contributed by atoms with Crippen molar-refractivity contribution < 1.29 is 18.1 Å². The molecule has 0 bridgehead atoms. The lowest BCUT2D eigenvalue weighted by molar-refractivity contribution is -0.387. The summed E-state index contributed by atoms with van der Waals surface area (Å²) in [4.78, 5) is 25.1. The number of nitrogens with zero attached hydrogens (tertiary/aromatic N) is 3. The van der Waals surface area contributed by atoms with Gasteiger partial charge in [-0.05, 0) is 36.5 Å². The quantitative estimate of drug-likeness (QED) is 0.549. The molecule has 4 rings (SSSR count). The second-order valence-corrected chi connectivity index (χ2v) is 9.50. The number of sulfonamides is 1. The molecule has 30 heavy (non-hydrogen) atoms. The SMILES string of the molecule is O=C(C1CCCc2ccccc21)N1CCN(S(=O)(=O)c2ccccc2[N+](=O)[O-])CC1. The van der Waals surface area contributed by atoms with Gasteiger partial charge in [0.2, 0.25) is 15.9 Å². The Hall–Kier alpha value is -2.78. The average Bonchev–Trinajstić information content (AvgIpc) is 2.78. The van der Waals surface area contributed by atoms with Gasteiger partial charge in [0.1, 0.15) is 0 Å². The smallest absolute Gasteiger partial charge is 0.289 e. The number of carbonyl (C=O) groups excluding carboxylic acids is 1. The van der Waals surface area contributed by atoms with Gasteiger partial charge in [0.15, 0.2) is 4.90 Å². The van der Waals surface area contributed by atoms with Crippen molar-refractivity contribution in [3.05, 3.63) is 69.8 Å². The van der Waals surface area contributed by atoms with Gasteiger partial charge in [-0.15, -0.1) is 0 Å². The Bertz CT molecular complexity index is 1080. The van der Waals surface area contributed by atoms with Crippen LogP contribution in [0.2, 0.25) is 0 Å². The first kappa shape index (κ1) is 20.5. The maximum Gasteiger partial charge on any atom is 0.289 e. The Morgan fingerprint density at radius 1 is 1.00 bits per heavy atom. The number of fused-ring (bicyclic) bond motifs is 1. The summed E-state index contributed by atoms with van der Waals surface area (Å²) >= 11 is 0. The molecule has 0 spiro atoms. The molecule has 1 heterocycles. The number of amides is 1. The summed E-state index contributed by atoms with van der Waals surface area (Å²) in [5, 5.41) is 11.2. The lowest BCUT2D eigenvalue weighted by atomic mass is 9.82. The van der Waals surface area contributed by atoms with E-state index in [1.807, 2.05) is 18.2 Å². The molecule has 8 nitrogen and oxygen atoms in total. The molecular weight excluding hydrogens is 406 g/mol. The molecule has 0 N–H and O–H groups in total. The lowest BCUT2D eigenvalue weighted by Crippen LogP contribution is -2.51. The van der Waals surface area contributed by atoms with E-state index in [4.69, 9.17) is 0 Å². The van der Waals surface area contributed by atoms with Crippen LogP contribution in [-0.2, 0) is 21.2 Å². The van der Waals surface area contributed by atoms with E-state index in [-0.39, 0.29) is 42.9 Å². The molecule has 158 valence electrons. The van der Waals surface area contributed by atoms with Gasteiger partial charge < -0.3 is 4.90 Å². The van der Waals surface area contributed by atoms with E-state index in [2.05, 4.69) is 6.07 Å². The van der Waals surface area contributed by atoms with Gasteiger partial charge in [0.05, 0.1) is 10.8 Å². The first-order valence-electron chi connectivity index (χ1n) is 10.00. The Morgan fingerprint density at radius 3 is 2.40 bits per heavy atom. The van der Waals surface area contributed by atoms with Crippen molar-refractivity contribution in [3.63, 3.8) is 0 Å². The van der Waals surface area contributed by atoms with Crippen molar-refractivity contribution in [3.8, 4) is 0 Å². The minimum atomic E-state index is -4.01. The van der Waals surface area contributed by atoms with Gasteiger partial charge >= 0.3 is 0 Å². The number of benzene rings is 2. The lowest BCUT2D eigenvalue weighted by Gasteiger charge is -2.37. The highest BCUT2D eigenvalue weighted by Crippen LogP contribution is 2.33. The van der Waals surface area contributed by atoms with E-state index in [9.17, 15) is 23.3 Å². The minimum Gasteiger partial charge on any atom is -0.340 e. The number of rotatable bonds is 4. The van der Waals surface area contributed by atoms with Gasteiger partial charge in [-0.3, -0.25) is 14.9 Å². The van der Waals surface area contributed by atoms with E-state index < -0.39 is 20.6 Å². The third kappa shape index (κ3) is 3.70. The summed E-state index contributed by atoms with van der Waals surface area (Å²) in [6.07, 6.45) is 2.73. The number of hydrogen-bond acceptors (Lipinski definition) is 5. The van der Waals surface area contributed by atoms with Crippen LogP contribution in [0.25, 0.3) is 0 Å². The summed E-state index contributed by atoms with van der Waals surface area (Å²) < 4.78 is 27.2. The van der Waals surface area contributed by atoms with Crippen LogP contribution in [0.3, 0.4) is 0 Å². The molecule has 2 aromatic carbocycles. The number of carbonyl (C=O) groups is 1. The van der Waals surface area contributed by atoms with Gasteiger partial charge in [0.25, 0.3) is 5.69 Å². The van der Waals surface area contributed by atoms with Crippen LogP contribution >= 0.6 is 0 Å². The van der Waals surface area contributed by atoms with Crippen LogP contribution in [-0.4, -0.2) is 54.6 Å². The zero-order valence-electron chi connectivity index (χ0n) is 16.4. The highest BCUT2D eigenvalue weighted by atomic mass is 32.2. The highest BCUT2D eigenvalue weighted by molar-refractivity contribution is 7.89. The summed E-state index contributed by atoms with van der Waals surface area (Å²) in [6.45, 7) is 0.789. The number of piperazine rings is 1. The zero-order valence-corrected chi connectivity index (χ0v) is 17.3. The number of hydrogen-bond donors (Lipinski definition) is 0. The molecule has 1 fully saturated rings. The molecule has 1 amide bonds. The van der Waals surface area contributed by atoms with Gasteiger partial charge in [-0.25, -0.2) is 8.42 Å². The molecule has 0 saturated carbocycles. The Morgan fingerprint density at radius 2 is 1.67 bits per heavy atom. The predicted octanol–water partition coefficient (Wildman–Crippen LogP) is 2.55. The Kier molecular flexibility index (Phi) is 5.57. The first-order chi connectivity index (χ1) is 14.4. The molecule has 1 aliphatic carbocycles. The van der Waals surface area contributed by atoms with Gasteiger partial charge in [-0.2, -0.15) is 4.31 Å². The summed E-state index contributed by atoms with van der Waals surface area (Å²) in [5.41, 5.74) is 1.85. The minimum absolute atomic E-state index is 0.0323. The monoisotopic (exact) mass is 429 g/mol. The molecule has 0 radical (unpaired) electrons. The highest BCUT2D eigenvalue weighted by Gasteiger charge is 2.36. The van der Waals surface area contributed by atoms with Crippen LogP contribution in [0, 0.1) is 10.1 Å². The van der Waals surface area contributed by atoms with Crippen LogP contribution in [0.4, 0.5) is 5.69 Å². The molecule has 1 atom stereocenters. The largest absolute Gasteiger partial charge is 0.340 e. The maximum absolute atomic E-state index is 13.2. The predicted molar refractivity (Wildman–Crippen MR) is 111 cm³/mol. The van der Waals surface area contributed by atoms with Crippen molar-refractivity contribution in [2.45, 2.75) is 30.1 Å². The first-order valence-corrected chi connectivity index (χ1v) is 11.4. The fourth-order valence-corrected chi connectivity index (χ4v) is 5.92. The Balaban J connectivity index is 1.48. The standard InChI is InChI=1S/C21H23N3O5S/c25-21(18-9-5-7-16-6-1-2-8-17(16)18)22-12-14-23(15-13-22)30(28,29)20-11-4-3-10-19(20)24(26)27/h1-4,6,8,10-11,18H,5,7,9,12-15H2. The summed E-state index contributed by atoms with van der Waals surface area (Å²) in [7, 11) is -4.01. The fraction of sp³-hybridized carbons (Fsp3) is 0.381. The molecule has 1 aliphatic heterocycles. The number of nitro groups is 1. The van der Waals surface area contributed by atoms with E-state index >= 15 is 0 Å². The van der Waals surface area contributed by atoms with Crippen molar-refractivity contribution in [2.75, 3.05) is 26.2 Å². The third-order valence-electron chi connectivity index (χ3n) is 5.90. The van der Waals surface area contributed by atoms with E-state index in [1.54, 1.807) is 4.90 Å². The topological polar surface area (TPSA) is 101 Å². The van der Waals surface area contributed by atoms with Crippen molar-refractivity contribution >= 4 is 21.6 Å². The number of nitro benzene ring substituents is 1. The molecule has 2 aromatic rings. The molecule has 2 aliphatic rings. The van der Waals surface area contributed by atoms with E-state index in [0.717, 1.165) is 24.8 Å². The second kappa shape index (κ2) is 8.16. The average molecular weight is 429 g/mol. The summed E-state index contributed by atoms with van der Waals surface area (Å²) in [6, 6.07) is 13.4. The van der Waals surface area contributed by atoms with Gasteiger partial charge in [-0.1, -0.05) is 36.4 Å². The normalized spacial score (nSPS) is 19.9. The molecule has 0 aromatic heterocycles. The number of aryl methyl sites for hydroxylation is 1. The summed E-state index contributed by atoms with van der Waals surface area (Å²) in [5.74, 6) is -0.154. The van der Waals surface area contributed by atoms with Crippen molar-refractivity contribution in [1.82, 2.24) is 9.21 Å². The second-order valence-electron chi connectivity index (χ2n) is 7.60. The van der Waals surface area contributed by atoms with E-state index in [1.165, 1.54) is 34.1 Å². The third-order valence-corrected chi connectivity index (χ3v) is 7.84. The fourth-order valence-electron chi connectivity index (χ4n) is 4.34. The molecule has 9 heteroatoms. The van der Waals surface area contributed by atoms with Crippen LogP contribution in [0.5, 0.6) is 0 Å². The molecule has 1 saturated heterocycles. The van der Waals surface area contributed by atoms with Crippen LogP contribution in [0.15, 0.2) is 53.4 Å². The maximum atomic E-state index is 13.2. The number of para-hydroxylation sites is 1. The zero-order chi connectivity index (χ0) is 21.3. The van der Waals surface area contributed by atoms with Crippen LogP contribution < -0.4 is 0 Å². The Labute approximate surface area is 175 Å².